The van der Waals surface area contributed by atoms with E-state index in [1.165, 1.54) is 19.3 Å². The van der Waals surface area contributed by atoms with E-state index in [9.17, 15) is 4.79 Å². The van der Waals surface area contributed by atoms with Gasteiger partial charge in [0.15, 0.2) is 0 Å². The molecule has 1 aliphatic carbocycles. The fourth-order valence-electron chi connectivity index (χ4n) is 2.42. The predicted molar refractivity (Wildman–Crippen MR) is 70.2 cm³/mol. The molecule has 1 amide bonds. The summed E-state index contributed by atoms with van der Waals surface area (Å²) in [6, 6.07) is 0.357. The Hall–Kier alpha value is -0.650. The Labute approximate surface area is 109 Å². The highest BCUT2D eigenvalue weighted by molar-refractivity contribution is 5.76. The number of nitrogens with zero attached hydrogens (tertiary/aromatic N) is 1. The summed E-state index contributed by atoms with van der Waals surface area (Å²) in [7, 11) is 0. The molecule has 0 aliphatic heterocycles. The van der Waals surface area contributed by atoms with Gasteiger partial charge in [0.05, 0.1) is 13.2 Å². The van der Waals surface area contributed by atoms with Crippen LogP contribution in [0.2, 0.25) is 0 Å². The lowest BCUT2D eigenvalue weighted by molar-refractivity contribution is -0.122. The average molecular weight is 258 g/mol. The van der Waals surface area contributed by atoms with E-state index < -0.39 is 0 Å². The van der Waals surface area contributed by atoms with E-state index >= 15 is 0 Å². The molecule has 18 heavy (non-hydrogen) atoms. The molecule has 0 unspecified atom stereocenters. The predicted octanol–water partition coefficient (Wildman–Crippen LogP) is 0.112. The van der Waals surface area contributed by atoms with Gasteiger partial charge in [-0.1, -0.05) is 19.3 Å². The van der Waals surface area contributed by atoms with Crippen molar-refractivity contribution in [1.29, 1.82) is 0 Å². The number of amides is 1. The van der Waals surface area contributed by atoms with Gasteiger partial charge < -0.3 is 15.5 Å². The van der Waals surface area contributed by atoms with E-state index in [0.29, 0.717) is 32.1 Å². The lowest BCUT2D eigenvalue weighted by Gasteiger charge is -2.24. The molecule has 0 bridgehead atoms. The van der Waals surface area contributed by atoms with Gasteiger partial charge in [-0.05, 0) is 12.8 Å². The van der Waals surface area contributed by atoms with E-state index in [-0.39, 0.29) is 19.1 Å². The quantitative estimate of drug-likeness (QED) is 0.578. The second kappa shape index (κ2) is 9.30. The summed E-state index contributed by atoms with van der Waals surface area (Å²) >= 11 is 0. The molecule has 1 fully saturated rings. The molecular weight excluding hydrogens is 232 g/mol. The minimum atomic E-state index is 0.0598. The zero-order chi connectivity index (χ0) is 13.2. The van der Waals surface area contributed by atoms with Crippen molar-refractivity contribution in [2.45, 2.75) is 44.6 Å². The number of carbonyl (C=O) groups excluding carboxylic acids is 1. The molecule has 0 radical (unpaired) electrons. The highest BCUT2D eigenvalue weighted by Crippen LogP contribution is 2.17. The minimum absolute atomic E-state index is 0.0598. The Balaban J connectivity index is 2.17. The summed E-state index contributed by atoms with van der Waals surface area (Å²) in [6.07, 6.45) is 6.35. The normalized spacial score (nSPS) is 17.1. The van der Waals surface area contributed by atoms with Gasteiger partial charge in [-0.2, -0.15) is 0 Å². The van der Waals surface area contributed by atoms with Crippen LogP contribution >= 0.6 is 0 Å². The Bertz CT molecular complexity index is 224. The number of hydrogen-bond acceptors (Lipinski definition) is 4. The maximum absolute atomic E-state index is 11.8. The van der Waals surface area contributed by atoms with E-state index in [4.69, 9.17) is 10.2 Å². The zero-order valence-electron chi connectivity index (χ0n) is 11.1. The molecule has 0 heterocycles. The Kier molecular flexibility index (Phi) is 7.96. The maximum Gasteiger partial charge on any atom is 0.221 e. The first-order valence-corrected chi connectivity index (χ1v) is 6.99. The molecule has 3 N–H and O–H groups in total. The van der Waals surface area contributed by atoms with Crippen LogP contribution in [0.5, 0.6) is 0 Å². The van der Waals surface area contributed by atoms with Crippen molar-refractivity contribution in [1.82, 2.24) is 10.2 Å². The third kappa shape index (κ3) is 6.33. The van der Waals surface area contributed by atoms with Crippen LogP contribution in [0.3, 0.4) is 0 Å². The molecule has 0 saturated heterocycles. The van der Waals surface area contributed by atoms with Crippen molar-refractivity contribution >= 4 is 5.91 Å². The van der Waals surface area contributed by atoms with Gasteiger partial charge in [-0.3, -0.25) is 9.69 Å². The second-order valence-corrected chi connectivity index (χ2v) is 4.94. The van der Waals surface area contributed by atoms with Crippen molar-refractivity contribution in [3.8, 4) is 0 Å². The first kappa shape index (κ1) is 15.4. The molecule has 5 nitrogen and oxygen atoms in total. The molecule has 0 spiro atoms. The number of nitrogens with one attached hydrogen (secondary N) is 1. The summed E-state index contributed by atoms with van der Waals surface area (Å²) in [5.74, 6) is 0.0859. The third-order valence-corrected chi connectivity index (χ3v) is 3.46. The van der Waals surface area contributed by atoms with Gasteiger partial charge in [-0.15, -0.1) is 0 Å². The Morgan fingerprint density at radius 2 is 1.67 bits per heavy atom. The van der Waals surface area contributed by atoms with E-state index in [1.54, 1.807) is 0 Å². The second-order valence-electron chi connectivity index (χ2n) is 4.94. The largest absolute Gasteiger partial charge is 0.395 e. The first-order chi connectivity index (χ1) is 8.76. The van der Waals surface area contributed by atoms with E-state index in [0.717, 1.165) is 12.8 Å². The highest BCUT2D eigenvalue weighted by atomic mass is 16.3. The molecular formula is C13H26N2O3. The lowest BCUT2D eigenvalue weighted by Crippen LogP contribution is -2.39. The number of aliphatic hydroxyl groups is 2. The van der Waals surface area contributed by atoms with Gasteiger partial charge in [0.2, 0.25) is 5.91 Å². The third-order valence-electron chi connectivity index (χ3n) is 3.46. The van der Waals surface area contributed by atoms with Gasteiger partial charge >= 0.3 is 0 Å². The van der Waals surface area contributed by atoms with Crippen molar-refractivity contribution in [2.75, 3.05) is 32.8 Å². The van der Waals surface area contributed by atoms with Crippen LogP contribution in [-0.4, -0.2) is 59.9 Å². The summed E-state index contributed by atoms with van der Waals surface area (Å²) < 4.78 is 0. The van der Waals surface area contributed by atoms with Crippen LogP contribution in [0.4, 0.5) is 0 Å². The molecule has 106 valence electrons. The number of aliphatic hydroxyl groups excluding tert-OH is 2. The topological polar surface area (TPSA) is 72.8 Å². The summed E-state index contributed by atoms with van der Waals surface area (Å²) in [5, 5.41) is 20.8. The van der Waals surface area contributed by atoms with Crippen molar-refractivity contribution in [2.24, 2.45) is 0 Å². The van der Waals surface area contributed by atoms with Gasteiger partial charge in [0.1, 0.15) is 0 Å². The molecule has 1 saturated carbocycles. The molecule has 1 rings (SSSR count). The van der Waals surface area contributed by atoms with Crippen molar-refractivity contribution < 1.29 is 15.0 Å². The van der Waals surface area contributed by atoms with Crippen LogP contribution in [-0.2, 0) is 4.79 Å². The number of rotatable bonds is 8. The lowest BCUT2D eigenvalue weighted by atomic mass is 9.95. The van der Waals surface area contributed by atoms with Crippen LogP contribution in [0, 0.1) is 0 Å². The fourth-order valence-corrected chi connectivity index (χ4v) is 2.42. The molecule has 0 aromatic rings. The molecule has 0 atom stereocenters. The zero-order valence-corrected chi connectivity index (χ0v) is 11.1. The summed E-state index contributed by atoms with van der Waals surface area (Å²) in [5.41, 5.74) is 0. The van der Waals surface area contributed by atoms with Gasteiger partial charge in [-0.25, -0.2) is 0 Å². The minimum Gasteiger partial charge on any atom is -0.395 e. The van der Waals surface area contributed by atoms with Crippen LogP contribution in [0.25, 0.3) is 0 Å². The fraction of sp³-hybridized carbons (Fsp3) is 0.923. The Morgan fingerprint density at radius 1 is 1.06 bits per heavy atom. The van der Waals surface area contributed by atoms with Crippen molar-refractivity contribution in [3.63, 3.8) is 0 Å². The summed E-state index contributed by atoms with van der Waals surface area (Å²) in [6.45, 7) is 1.74. The summed E-state index contributed by atoms with van der Waals surface area (Å²) in [4.78, 5) is 13.7. The van der Waals surface area contributed by atoms with Crippen LogP contribution < -0.4 is 5.32 Å². The monoisotopic (exact) mass is 258 g/mol. The smallest absolute Gasteiger partial charge is 0.221 e. The van der Waals surface area contributed by atoms with Crippen LogP contribution in [0.1, 0.15) is 38.5 Å². The number of carbonyl (C=O) groups is 1. The standard InChI is InChI=1S/C13H26N2O3/c16-10-8-15(9-11-17)7-6-13(18)14-12-4-2-1-3-5-12/h12,16-17H,1-11H2,(H,14,18). The highest BCUT2D eigenvalue weighted by Gasteiger charge is 2.16. The molecule has 0 aromatic heterocycles. The van der Waals surface area contributed by atoms with E-state index in [2.05, 4.69) is 5.32 Å². The van der Waals surface area contributed by atoms with Crippen molar-refractivity contribution in [3.05, 3.63) is 0 Å². The molecule has 0 aromatic carbocycles. The van der Waals surface area contributed by atoms with E-state index in [1.807, 2.05) is 4.90 Å². The van der Waals surface area contributed by atoms with Gasteiger partial charge in [0.25, 0.3) is 0 Å². The SMILES string of the molecule is O=C(CCN(CCO)CCO)NC1CCCCC1. The first-order valence-electron chi connectivity index (χ1n) is 6.99. The Morgan fingerprint density at radius 3 is 2.22 bits per heavy atom. The van der Waals surface area contributed by atoms with Crippen LogP contribution in [0.15, 0.2) is 0 Å². The van der Waals surface area contributed by atoms with Gasteiger partial charge in [0, 0.05) is 32.1 Å². The molecule has 1 aliphatic rings. The average Bonchev–Trinajstić information content (AvgIpc) is 2.38. The number of hydrogen-bond donors (Lipinski definition) is 3. The molecule has 5 heteroatoms. The maximum atomic E-state index is 11.8.